The number of halogens is 2. The normalized spacial score (nSPS) is 13.4. The second-order valence-electron chi connectivity index (χ2n) is 3.18. The van der Waals surface area contributed by atoms with Gasteiger partial charge >= 0.3 is 5.97 Å². The second-order valence-corrected chi connectivity index (χ2v) is 5.72. The number of sulfone groups is 1. The van der Waals surface area contributed by atoms with Gasteiger partial charge in [0.1, 0.15) is 5.82 Å². The first-order chi connectivity index (χ1) is 7.80. The van der Waals surface area contributed by atoms with E-state index >= 15 is 0 Å². The molecule has 3 N–H and O–H groups in total. The third-order valence-corrected chi connectivity index (χ3v) is 4.43. The first-order valence-corrected chi connectivity index (χ1v) is 6.35. The topological polar surface area (TPSA) is 97.5 Å². The first kappa shape index (κ1) is 13.9. The Balaban J connectivity index is 3.30. The molecule has 0 bridgehead atoms. The maximum absolute atomic E-state index is 12.9. The molecule has 0 spiro atoms. The summed E-state index contributed by atoms with van der Waals surface area (Å²) in [5.41, 5.74) is 5.10. The number of nitrogens with two attached hydrogens (primary N) is 1. The van der Waals surface area contributed by atoms with Crippen molar-refractivity contribution in [2.24, 2.45) is 5.73 Å². The van der Waals surface area contributed by atoms with E-state index in [1.807, 2.05) is 0 Å². The molecule has 1 rings (SSSR count). The van der Waals surface area contributed by atoms with Gasteiger partial charge in [-0.25, -0.2) is 12.8 Å². The lowest BCUT2D eigenvalue weighted by Gasteiger charge is -2.11. The van der Waals surface area contributed by atoms with Crippen LogP contribution in [0, 0.1) is 5.82 Å². The lowest BCUT2D eigenvalue weighted by Crippen LogP contribution is -2.37. The highest BCUT2D eigenvalue weighted by Crippen LogP contribution is 2.22. The van der Waals surface area contributed by atoms with Crippen LogP contribution in [0.3, 0.4) is 0 Å². The highest BCUT2D eigenvalue weighted by Gasteiger charge is 2.33. The number of carboxylic acid groups (broad SMARTS) is 1. The summed E-state index contributed by atoms with van der Waals surface area (Å²) in [6.45, 7) is -0.577. The van der Waals surface area contributed by atoms with Crippen molar-refractivity contribution in [3.8, 4) is 0 Å². The van der Waals surface area contributed by atoms with Crippen LogP contribution in [0.5, 0.6) is 0 Å². The first-order valence-electron chi connectivity index (χ1n) is 4.42. The molecule has 0 saturated heterocycles. The Kier molecular flexibility index (Phi) is 4.07. The molecule has 94 valence electrons. The van der Waals surface area contributed by atoms with Gasteiger partial charge < -0.3 is 10.8 Å². The van der Waals surface area contributed by atoms with Crippen LogP contribution in [0.15, 0.2) is 23.1 Å². The summed E-state index contributed by atoms with van der Waals surface area (Å²) in [5, 5.41) is 6.56. The van der Waals surface area contributed by atoms with Crippen molar-refractivity contribution in [3.05, 3.63) is 29.0 Å². The van der Waals surface area contributed by atoms with E-state index in [0.717, 1.165) is 18.2 Å². The predicted molar refractivity (Wildman–Crippen MR) is 59.1 cm³/mol. The van der Waals surface area contributed by atoms with Crippen LogP contribution >= 0.6 is 11.6 Å². The van der Waals surface area contributed by atoms with Gasteiger partial charge in [-0.2, -0.15) is 0 Å². The molecule has 1 unspecified atom stereocenters. The Morgan fingerprint density at radius 1 is 1.53 bits per heavy atom. The molecule has 0 amide bonds. The van der Waals surface area contributed by atoms with Gasteiger partial charge in [0.2, 0.25) is 0 Å². The van der Waals surface area contributed by atoms with Crippen molar-refractivity contribution in [1.82, 2.24) is 0 Å². The highest BCUT2D eigenvalue weighted by molar-refractivity contribution is 7.92. The Bertz CT molecular complexity index is 546. The quantitative estimate of drug-likeness (QED) is 0.790. The third kappa shape index (κ3) is 2.74. The number of hydrogen-bond donors (Lipinski definition) is 2. The van der Waals surface area contributed by atoms with Gasteiger partial charge in [-0.15, -0.1) is 0 Å². The standard InChI is InChI=1S/C9H9ClFNO4S/c10-6-3-5(1-2-7(6)11)17(15,16)8(4-12)9(13)14/h1-3,8H,4,12H2,(H,13,14). The summed E-state index contributed by atoms with van der Waals surface area (Å²) >= 11 is 5.43. The molecule has 0 aromatic heterocycles. The maximum atomic E-state index is 12.9. The van der Waals surface area contributed by atoms with E-state index in [1.54, 1.807) is 0 Å². The van der Waals surface area contributed by atoms with Crippen molar-refractivity contribution in [1.29, 1.82) is 0 Å². The zero-order valence-corrected chi connectivity index (χ0v) is 10.0. The van der Waals surface area contributed by atoms with Gasteiger partial charge in [0.25, 0.3) is 0 Å². The van der Waals surface area contributed by atoms with Crippen LogP contribution in [0.4, 0.5) is 4.39 Å². The van der Waals surface area contributed by atoms with Gasteiger partial charge in [-0.05, 0) is 18.2 Å². The molecule has 5 nitrogen and oxygen atoms in total. The fourth-order valence-electron chi connectivity index (χ4n) is 1.18. The van der Waals surface area contributed by atoms with E-state index < -0.39 is 38.4 Å². The Morgan fingerprint density at radius 2 is 2.12 bits per heavy atom. The fourth-order valence-corrected chi connectivity index (χ4v) is 2.81. The SMILES string of the molecule is NCC(C(=O)O)S(=O)(=O)c1ccc(F)c(Cl)c1. The van der Waals surface area contributed by atoms with Gasteiger partial charge in [-0.3, -0.25) is 4.79 Å². The number of benzene rings is 1. The molecule has 0 aliphatic heterocycles. The molecule has 17 heavy (non-hydrogen) atoms. The molecule has 0 aliphatic carbocycles. The lowest BCUT2D eigenvalue weighted by atomic mass is 10.3. The van der Waals surface area contributed by atoms with Crippen molar-refractivity contribution in [2.75, 3.05) is 6.54 Å². The summed E-state index contributed by atoms with van der Waals surface area (Å²) in [4.78, 5) is 10.4. The van der Waals surface area contributed by atoms with E-state index in [0.29, 0.717) is 0 Å². The summed E-state index contributed by atoms with van der Waals surface area (Å²) in [7, 11) is -4.17. The van der Waals surface area contributed by atoms with Crippen LogP contribution < -0.4 is 5.73 Å². The molecule has 0 saturated carbocycles. The predicted octanol–water partition coefficient (Wildman–Crippen LogP) is 0.665. The summed E-state index contributed by atoms with van der Waals surface area (Å²) in [6, 6.07) is 2.66. The van der Waals surface area contributed by atoms with Crippen molar-refractivity contribution in [2.45, 2.75) is 10.1 Å². The van der Waals surface area contributed by atoms with Crippen LogP contribution in [-0.4, -0.2) is 31.3 Å². The van der Waals surface area contributed by atoms with Crippen LogP contribution in [-0.2, 0) is 14.6 Å². The smallest absolute Gasteiger partial charge is 0.323 e. The Morgan fingerprint density at radius 3 is 2.53 bits per heavy atom. The van der Waals surface area contributed by atoms with Gasteiger partial charge in [-0.1, -0.05) is 11.6 Å². The Labute approximate surface area is 102 Å². The minimum atomic E-state index is -4.17. The van der Waals surface area contributed by atoms with E-state index in [-0.39, 0.29) is 4.90 Å². The fraction of sp³-hybridized carbons (Fsp3) is 0.222. The average Bonchev–Trinajstić information content (AvgIpc) is 2.21. The zero-order chi connectivity index (χ0) is 13.2. The summed E-state index contributed by atoms with van der Waals surface area (Å²) in [5.74, 6) is -2.35. The molecule has 0 radical (unpaired) electrons. The van der Waals surface area contributed by atoms with Crippen LogP contribution in [0.25, 0.3) is 0 Å². The molecule has 1 aromatic rings. The minimum absolute atomic E-state index is 0.373. The minimum Gasteiger partial charge on any atom is -0.480 e. The van der Waals surface area contributed by atoms with Crippen LogP contribution in [0.1, 0.15) is 0 Å². The van der Waals surface area contributed by atoms with Gasteiger partial charge in [0.05, 0.1) is 9.92 Å². The number of rotatable bonds is 4. The van der Waals surface area contributed by atoms with E-state index in [9.17, 15) is 17.6 Å². The number of aliphatic carboxylic acids is 1. The monoisotopic (exact) mass is 281 g/mol. The molecule has 0 aliphatic rings. The molecular formula is C9H9ClFNO4S. The molecule has 1 atom stereocenters. The van der Waals surface area contributed by atoms with E-state index in [4.69, 9.17) is 22.4 Å². The maximum Gasteiger partial charge on any atom is 0.323 e. The molecule has 8 heteroatoms. The van der Waals surface area contributed by atoms with Crippen molar-refractivity contribution >= 4 is 27.4 Å². The number of carboxylic acids is 1. The highest BCUT2D eigenvalue weighted by atomic mass is 35.5. The third-order valence-electron chi connectivity index (χ3n) is 2.08. The lowest BCUT2D eigenvalue weighted by molar-refractivity contribution is -0.136. The van der Waals surface area contributed by atoms with Gasteiger partial charge in [0, 0.05) is 6.54 Å². The number of carbonyl (C=O) groups is 1. The molecule has 0 heterocycles. The van der Waals surface area contributed by atoms with E-state index in [1.165, 1.54) is 0 Å². The summed E-state index contributed by atoms with van der Waals surface area (Å²) in [6.07, 6.45) is 0. The molecule has 0 fully saturated rings. The summed E-state index contributed by atoms with van der Waals surface area (Å²) < 4.78 is 36.5. The molecule has 1 aromatic carbocycles. The van der Waals surface area contributed by atoms with Crippen LogP contribution in [0.2, 0.25) is 5.02 Å². The molecular weight excluding hydrogens is 273 g/mol. The Hall–Kier alpha value is -1.18. The number of hydrogen-bond acceptors (Lipinski definition) is 4. The average molecular weight is 282 g/mol. The van der Waals surface area contributed by atoms with Gasteiger partial charge in [0.15, 0.2) is 15.1 Å². The largest absolute Gasteiger partial charge is 0.480 e. The van der Waals surface area contributed by atoms with E-state index in [2.05, 4.69) is 0 Å². The zero-order valence-electron chi connectivity index (χ0n) is 8.43. The van der Waals surface area contributed by atoms with Crippen molar-refractivity contribution < 1.29 is 22.7 Å². The van der Waals surface area contributed by atoms with Crippen molar-refractivity contribution in [3.63, 3.8) is 0 Å². The second kappa shape index (κ2) is 4.99.